The van der Waals surface area contributed by atoms with E-state index in [0.29, 0.717) is 12.5 Å². The van der Waals surface area contributed by atoms with Gasteiger partial charge in [-0.1, -0.05) is 17.7 Å². The molecule has 1 aromatic rings. The van der Waals surface area contributed by atoms with Crippen molar-refractivity contribution in [2.24, 2.45) is 5.73 Å². The van der Waals surface area contributed by atoms with E-state index < -0.39 is 0 Å². The van der Waals surface area contributed by atoms with Gasteiger partial charge in [-0.3, -0.25) is 0 Å². The van der Waals surface area contributed by atoms with Gasteiger partial charge in [0.05, 0.1) is 7.11 Å². The maximum atomic E-state index is 5.75. The SMILES string of the molecule is C=C(C)CC(CN)c1ccc(OC)cc1. The molecule has 1 atom stereocenters. The van der Waals surface area contributed by atoms with Crippen molar-refractivity contribution < 1.29 is 4.74 Å². The van der Waals surface area contributed by atoms with E-state index in [1.165, 1.54) is 11.1 Å². The number of rotatable bonds is 5. The zero-order valence-corrected chi connectivity index (χ0v) is 9.49. The summed E-state index contributed by atoms with van der Waals surface area (Å²) in [5, 5.41) is 0. The standard InChI is InChI=1S/C13H19NO/c1-10(2)8-12(9-14)11-4-6-13(15-3)7-5-11/h4-7,12H,1,8-9,14H2,2-3H3. The summed E-state index contributed by atoms with van der Waals surface area (Å²) in [5.41, 5.74) is 8.17. The van der Waals surface area contributed by atoms with Crippen LogP contribution < -0.4 is 10.5 Å². The zero-order valence-electron chi connectivity index (χ0n) is 9.49. The molecule has 0 amide bonds. The molecule has 0 saturated carbocycles. The number of nitrogens with two attached hydrogens (primary N) is 1. The summed E-state index contributed by atoms with van der Waals surface area (Å²) in [5.74, 6) is 1.25. The molecule has 0 bridgehead atoms. The van der Waals surface area contributed by atoms with E-state index in [1.807, 2.05) is 19.1 Å². The van der Waals surface area contributed by atoms with Crippen molar-refractivity contribution in [2.75, 3.05) is 13.7 Å². The lowest BCUT2D eigenvalue weighted by molar-refractivity contribution is 0.414. The van der Waals surface area contributed by atoms with E-state index >= 15 is 0 Å². The van der Waals surface area contributed by atoms with Crippen molar-refractivity contribution in [1.82, 2.24) is 0 Å². The fourth-order valence-corrected chi connectivity index (χ4v) is 1.63. The summed E-state index contributed by atoms with van der Waals surface area (Å²) >= 11 is 0. The van der Waals surface area contributed by atoms with Crippen LogP contribution in [0, 0.1) is 0 Å². The van der Waals surface area contributed by atoms with Crippen LogP contribution in [-0.2, 0) is 0 Å². The van der Waals surface area contributed by atoms with Crippen LogP contribution in [0.15, 0.2) is 36.4 Å². The molecule has 0 radical (unpaired) electrons. The monoisotopic (exact) mass is 205 g/mol. The molecule has 1 unspecified atom stereocenters. The fraction of sp³-hybridized carbons (Fsp3) is 0.385. The molecule has 0 fully saturated rings. The molecule has 15 heavy (non-hydrogen) atoms. The number of hydrogen-bond donors (Lipinski definition) is 1. The van der Waals surface area contributed by atoms with Crippen molar-refractivity contribution in [3.05, 3.63) is 42.0 Å². The van der Waals surface area contributed by atoms with Gasteiger partial charge in [0.1, 0.15) is 5.75 Å². The maximum absolute atomic E-state index is 5.75. The molecule has 82 valence electrons. The Morgan fingerprint density at radius 1 is 1.40 bits per heavy atom. The average Bonchev–Trinajstić information content (AvgIpc) is 2.26. The molecule has 0 aliphatic carbocycles. The van der Waals surface area contributed by atoms with Gasteiger partial charge in [-0.15, -0.1) is 6.58 Å². The highest BCUT2D eigenvalue weighted by molar-refractivity contribution is 5.30. The Hall–Kier alpha value is -1.28. The topological polar surface area (TPSA) is 35.2 Å². The maximum Gasteiger partial charge on any atom is 0.118 e. The highest BCUT2D eigenvalue weighted by Gasteiger charge is 2.09. The summed E-state index contributed by atoms with van der Waals surface area (Å²) in [7, 11) is 1.67. The number of benzene rings is 1. The van der Waals surface area contributed by atoms with Gasteiger partial charge in [0.15, 0.2) is 0 Å². The third-order valence-corrected chi connectivity index (χ3v) is 2.47. The number of allylic oxidation sites excluding steroid dienone is 1. The Morgan fingerprint density at radius 3 is 2.40 bits per heavy atom. The molecule has 2 heteroatoms. The molecule has 1 rings (SSSR count). The second kappa shape index (κ2) is 5.56. The van der Waals surface area contributed by atoms with Gasteiger partial charge in [-0.25, -0.2) is 0 Å². The lowest BCUT2D eigenvalue weighted by Gasteiger charge is -2.15. The quantitative estimate of drug-likeness (QED) is 0.750. The first-order valence-electron chi connectivity index (χ1n) is 5.15. The Balaban J connectivity index is 2.78. The molecule has 1 aromatic carbocycles. The normalized spacial score (nSPS) is 12.2. The summed E-state index contributed by atoms with van der Waals surface area (Å²) in [6.07, 6.45) is 0.947. The van der Waals surface area contributed by atoms with Crippen molar-refractivity contribution in [3.63, 3.8) is 0 Å². The van der Waals surface area contributed by atoms with Gasteiger partial charge in [-0.05, 0) is 43.5 Å². The lowest BCUT2D eigenvalue weighted by Crippen LogP contribution is -2.12. The minimum atomic E-state index is 0.369. The zero-order chi connectivity index (χ0) is 11.3. The average molecular weight is 205 g/mol. The Kier molecular flexibility index (Phi) is 4.37. The van der Waals surface area contributed by atoms with Crippen LogP contribution in [0.3, 0.4) is 0 Å². The third kappa shape index (κ3) is 3.40. The predicted molar refractivity (Wildman–Crippen MR) is 64.2 cm³/mol. The van der Waals surface area contributed by atoms with Crippen molar-refractivity contribution in [1.29, 1.82) is 0 Å². The second-order valence-electron chi connectivity index (χ2n) is 3.87. The molecular weight excluding hydrogens is 186 g/mol. The highest BCUT2D eigenvalue weighted by atomic mass is 16.5. The van der Waals surface area contributed by atoms with Crippen LogP contribution >= 0.6 is 0 Å². The van der Waals surface area contributed by atoms with Crippen LogP contribution in [0.4, 0.5) is 0 Å². The highest BCUT2D eigenvalue weighted by Crippen LogP contribution is 2.23. The van der Waals surface area contributed by atoms with E-state index in [0.717, 1.165) is 12.2 Å². The minimum absolute atomic E-state index is 0.369. The van der Waals surface area contributed by atoms with E-state index in [9.17, 15) is 0 Å². The molecular formula is C13H19NO. The van der Waals surface area contributed by atoms with E-state index in [1.54, 1.807) is 7.11 Å². The molecule has 0 aliphatic rings. The molecule has 0 saturated heterocycles. The first kappa shape index (κ1) is 11.8. The third-order valence-electron chi connectivity index (χ3n) is 2.47. The summed E-state index contributed by atoms with van der Waals surface area (Å²) in [6, 6.07) is 8.07. The Labute approximate surface area is 91.7 Å². The lowest BCUT2D eigenvalue weighted by atomic mass is 9.93. The fourth-order valence-electron chi connectivity index (χ4n) is 1.63. The van der Waals surface area contributed by atoms with E-state index in [-0.39, 0.29) is 0 Å². The van der Waals surface area contributed by atoms with E-state index in [2.05, 4.69) is 18.7 Å². The molecule has 2 N–H and O–H groups in total. The number of methoxy groups -OCH3 is 1. The summed E-state index contributed by atoms with van der Waals surface area (Å²) < 4.78 is 5.11. The first-order valence-corrected chi connectivity index (χ1v) is 5.15. The molecule has 0 aromatic heterocycles. The summed E-state index contributed by atoms with van der Waals surface area (Å²) in [6.45, 7) is 6.61. The summed E-state index contributed by atoms with van der Waals surface area (Å²) in [4.78, 5) is 0. The smallest absolute Gasteiger partial charge is 0.118 e. The predicted octanol–water partition coefficient (Wildman–Crippen LogP) is 2.70. The van der Waals surface area contributed by atoms with Crippen molar-refractivity contribution >= 4 is 0 Å². The molecule has 2 nitrogen and oxygen atoms in total. The van der Waals surface area contributed by atoms with Gasteiger partial charge in [0.25, 0.3) is 0 Å². The minimum Gasteiger partial charge on any atom is -0.497 e. The van der Waals surface area contributed by atoms with Crippen molar-refractivity contribution in [2.45, 2.75) is 19.3 Å². The first-order chi connectivity index (χ1) is 7.17. The Bertz CT molecular complexity index is 316. The molecule has 0 aliphatic heterocycles. The van der Waals surface area contributed by atoms with Gasteiger partial charge in [0.2, 0.25) is 0 Å². The van der Waals surface area contributed by atoms with Gasteiger partial charge in [0, 0.05) is 0 Å². The Morgan fingerprint density at radius 2 is 2.00 bits per heavy atom. The van der Waals surface area contributed by atoms with Crippen LogP contribution in [-0.4, -0.2) is 13.7 Å². The van der Waals surface area contributed by atoms with Crippen molar-refractivity contribution in [3.8, 4) is 5.75 Å². The van der Waals surface area contributed by atoms with Crippen LogP contribution in [0.2, 0.25) is 0 Å². The molecule has 0 heterocycles. The number of hydrogen-bond acceptors (Lipinski definition) is 2. The largest absolute Gasteiger partial charge is 0.497 e. The van der Waals surface area contributed by atoms with Crippen LogP contribution in [0.1, 0.15) is 24.8 Å². The van der Waals surface area contributed by atoms with E-state index in [4.69, 9.17) is 10.5 Å². The molecule has 0 spiro atoms. The second-order valence-corrected chi connectivity index (χ2v) is 3.87. The van der Waals surface area contributed by atoms with Gasteiger partial charge in [-0.2, -0.15) is 0 Å². The van der Waals surface area contributed by atoms with Gasteiger partial charge < -0.3 is 10.5 Å². The van der Waals surface area contributed by atoms with Crippen LogP contribution in [0.25, 0.3) is 0 Å². The number of ether oxygens (including phenoxy) is 1. The van der Waals surface area contributed by atoms with Crippen LogP contribution in [0.5, 0.6) is 5.75 Å². The van der Waals surface area contributed by atoms with Gasteiger partial charge >= 0.3 is 0 Å².